The molecule has 0 aliphatic rings. The zero-order chi connectivity index (χ0) is 22.6. The zero-order valence-electron chi connectivity index (χ0n) is 18.0. The van der Waals surface area contributed by atoms with E-state index in [1.807, 2.05) is 0 Å². The van der Waals surface area contributed by atoms with Crippen LogP contribution in [0.5, 0.6) is 0 Å². The number of ether oxygens (including phenoxy) is 1. The molecule has 0 radical (unpaired) electrons. The predicted molar refractivity (Wildman–Crippen MR) is 112 cm³/mol. The van der Waals surface area contributed by atoms with Crippen LogP contribution in [-0.2, 0) is 11.8 Å². The van der Waals surface area contributed by atoms with Crippen molar-refractivity contribution < 1.29 is 23.5 Å². The standard InChI is InChI=1S/C23H27FN2O4/c1-7-13-26(22(28)17-11-9-10-12-18(17)24)16(5)21(27)19-14(3)20(23(29)30-8-2)25(6)15(19)4/h7,9-12,16H,1,8,13H2,2-6H3/t16-/m1/s1. The Balaban J connectivity index is 2.47. The van der Waals surface area contributed by atoms with Gasteiger partial charge in [0.2, 0.25) is 0 Å². The van der Waals surface area contributed by atoms with Crippen molar-refractivity contribution in [2.24, 2.45) is 7.05 Å². The second-order valence-electron chi connectivity index (χ2n) is 6.98. The summed E-state index contributed by atoms with van der Waals surface area (Å²) in [4.78, 5) is 40.0. The summed E-state index contributed by atoms with van der Waals surface area (Å²) in [6.45, 7) is 10.6. The fourth-order valence-corrected chi connectivity index (χ4v) is 3.53. The monoisotopic (exact) mass is 414 g/mol. The number of hydrogen-bond acceptors (Lipinski definition) is 4. The van der Waals surface area contributed by atoms with Gasteiger partial charge >= 0.3 is 5.97 Å². The highest BCUT2D eigenvalue weighted by atomic mass is 19.1. The molecule has 0 unspecified atom stereocenters. The van der Waals surface area contributed by atoms with Gasteiger partial charge in [0.1, 0.15) is 11.5 Å². The lowest BCUT2D eigenvalue weighted by atomic mass is 9.99. The Bertz CT molecular complexity index is 993. The van der Waals surface area contributed by atoms with E-state index in [1.165, 1.54) is 29.2 Å². The molecule has 6 nitrogen and oxygen atoms in total. The third-order valence-corrected chi connectivity index (χ3v) is 5.18. The van der Waals surface area contributed by atoms with Crippen LogP contribution < -0.4 is 0 Å². The summed E-state index contributed by atoms with van der Waals surface area (Å²) in [5.41, 5.74) is 1.60. The highest BCUT2D eigenvalue weighted by Crippen LogP contribution is 2.25. The molecule has 2 aromatic rings. The number of benzene rings is 1. The largest absolute Gasteiger partial charge is 0.461 e. The molecule has 0 saturated heterocycles. The number of esters is 1. The molecular formula is C23H27FN2O4. The molecule has 0 fully saturated rings. The molecule has 0 spiro atoms. The van der Waals surface area contributed by atoms with Crippen molar-refractivity contribution in [1.82, 2.24) is 9.47 Å². The highest BCUT2D eigenvalue weighted by Gasteiger charge is 2.33. The second kappa shape index (κ2) is 9.52. The molecule has 30 heavy (non-hydrogen) atoms. The van der Waals surface area contributed by atoms with Gasteiger partial charge < -0.3 is 14.2 Å². The van der Waals surface area contributed by atoms with Crippen LogP contribution in [0.4, 0.5) is 4.39 Å². The van der Waals surface area contributed by atoms with Gasteiger partial charge in [-0.15, -0.1) is 6.58 Å². The van der Waals surface area contributed by atoms with Gasteiger partial charge in [-0.3, -0.25) is 9.59 Å². The predicted octanol–water partition coefficient (Wildman–Crippen LogP) is 3.86. The first-order chi connectivity index (χ1) is 14.2. The number of amides is 1. The minimum absolute atomic E-state index is 0.0652. The fraction of sp³-hybridized carbons (Fsp3) is 0.348. The van der Waals surface area contributed by atoms with Gasteiger partial charge in [-0.05, 0) is 45.4 Å². The van der Waals surface area contributed by atoms with E-state index in [0.717, 1.165) is 0 Å². The summed E-state index contributed by atoms with van der Waals surface area (Å²) >= 11 is 0. The lowest BCUT2D eigenvalue weighted by molar-refractivity contribution is 0.0513. The number of rotatable bonds is 8. The van der Waals surface area contributed by atoms with Gasteiger partial charge in [0.05, 0.1) is 18.2 Å². The highest BCUT2D eigenvalue weighted by molar-refractivity contribution is 6.07. The molecule has 1 amide bonds. The molecule has 7 heteroatoms. The number of ketones is 1. The topological polar surface area (TPSA) is 68.6 Å². The first kappa shape index (κ1) is 23.1. The Labute approximate surface area is 175 Å². The van der Waals surface area contributed by atoms with E-state index in [9.17, 15) is 18.8 Å². The summed E-state index contributed by atoms with van der Waals surface area (Å²) in [5, 5.41) is 0. The van der Waals surface area contributed by atoms with Crippen molar-refractivity contribution in [3.05, 3.63) is 70.8 Å². The molecule has 160 valence electrons. The molecule has 0 bridgehead atoms. The third kappa shape index (κ3) is 4.20. The summed E-state index contributed by atoms with van der Waals surface area (Å²) in [6.07, 6.45) is 1.48. The van der Waals surface area contributed by atoms with Gasteiger partial charge in [-0.2, -0.15) is 0 Å². The summed E-state index contributed by atoms with van der Waals surface area (Å²) in [7, 11) is 1.68. The van der Waals surface area contributed by atoms with Crippen LogP contribution in [0.25, 0.3) is 0 Å². The summed E-state index contributed by atoms with van der Waals surface area (Å²) in [6, 6.07) is 4.73. The van der Waals surface area contributed by atoms with Gasteiger partial charge in [0.15, 0.2) is 5.78 Å². The fourth-order valence-electron chi connectivity index (χ4n) is 3.53. The summed E-state index contributed by atoms with van der Waals surface area (Å²) < 4.78 is 20.9. The van der Waals surface area contributed by atoms with E-state index >= 15 is 0 Å². The van der Waals surface area contributed by atoms with Crippen molar-refractivity contribution in [1.29, 1.82) is 0 Å². The van der Waals surface area contributed by atoms with Crippen LogP contribution in [-0.4, -0.2) is 46.3 Å². The third-order valence-electron chi connectivity index (χ3n) is 5.18. The maximum absolute atomic E-state index is 14.2. The maximum atomic E-state index is 14.2. The maximum Gasteiger partial charge on any atom is 0.355 e. The van der Waals surface area contributed by atoms with Crippen LogP contribution >= 0.6 is 0 Å². The number of aromatic nitrogens is 1. The van der Waals surface area contributed by atoms with E-state index in [4.69, 9.17) is 4.74 Å². The molecule has 1 aromatic carbocycles. The smallest absolute Gasteiger partial charge is 0.355 e. The number of Topliss-reactive ketones (excluding diaryl/α,β-unsaturated/α-hetero) is 1. The molecule has 0 saturated carbocycles. The first-order valence-electron chi connectivity index (χ1n) is 9.70. The minimum atomic E-state index is -0.898. The quantitative estimate of drug-likeness (QED) is 0.374. The normalized spacial score (nSPS) is 11.7. The van der Waals surface area contributed by atoms with Crippen LogP contribution in [0.2, 0.25) is 0 Å². The molecule has 1 heterocycles. The number of nitrogens with zero attached hydrogens (tertiary/aromatic N) is 2. The molecule has 2 rings (SSSR count). The van der Waals surface area contributed by atoms with Crippen molar-refractivity contribution in [2.75, 3.05) is 13.2 Å². The Kier molecular flexibility index (Phi) is 7.32. The molecule has 0 N–H and O–H groups in total. The minimum Gasteiger partial charge on any atom is -0.461 e. The second-order valence-corrected chi connectivity index (χ2v) is 6.98. The number of halogens is 1. The number of carbonyl (C=O) groups is 3. The number of hydrogen-bond donors (Lipinski definition) is 0. The van der Waals surface area contributed by atoms with Crippen molar-refractivity contribution in [3.8, 4) is 0 Å². The van der Waals surface area contributed by atoms with E-state index in [2.05, 4.69) is 6.58 Å². The Morgan fingerprint density at radius 3 is 2.47 bits per heavy atom. The number of carbonyl (C=O) groups excluding carboxylic acids is 3. The van der Waals surface area contributed by atoms with Gasteiger partial charge in [0.25, 0.3) is 5.91 Å². The molecule has 1 aromatic heterocycles. The average Bonchev–Trinajstić information content (AvgIpc) is 2.93. The van der Waals surface area contributed by atoms with E-state index < -0.39 is 23.7 Å². The van der Waals surface area contributed by atoms with Crippen LogP contribution in [0.1, 0.15) is 56.3 Å². The van der Waals surface area contributed by atoms with E-state index in [0.29, 0.717) is 22.5 Å². The molecule has 0 aliphatic heterocycles. The summed E-state index contributed by atoms with van der Waals surface area (Å²) in [5.74, 6) is -2.13. The Hall–Kier alpha value is -3.22. The van der Waals surface area contributed by atoms with Crippen LogP contribution in [0.3, 0.4) is 0 Å². The Morgan fingerprint density at radius 1 is 1.27 bits per heavy atom. The average molecular weight is 414 g/mol. The van der Waals surface area contributed by atoms with Crippen LogP contribution in [0, 0.1) is 19.7 Å². The first-order valence-corrected chi connectivity index (χ1v) is 9.70. The molecule has 1 atom stereocenters. The lowest BCUT2D eigenvalue weighted by Gasteiger charge is -2.27. The van der Waals surface area contributed by atoms with Gasteiger partial charge in [-0.1, -0.05) is 18.2 Å². The lowest BCUT2D eigenvalue weighted by Crippen LogP contribution is -2.44. The van der Waals surface area contributed by atoms with Gasteiger partial charge in [0, 0.05) is 24.8 Å². The Morgan fingerprint density at radius 2 is 1.90 bits per heavy atom. The van der Waals surface area contributed by atoms with E-state index in [1.54, 1.807) is 45.4 Å². The van der Waals surface area contributed by atoms with Crippen molar-refractivity contribution >= 4 is 17.7 Å². The SMILES string of the molecule is C=CCN(C(=O)c1ccccc1F)[C@H](C)C(=O)c1c(C)c(C(=O)OCC)n(C)c1C. The van der Waals surface area contributed by atoms with Gasteiger partial charge in [-0.25, -0.2) is 9.18 Å². The molecule has 0 aliphatic carbocycles. The van der Waals surface area contributed by atoms with Crippen LogP contribution in [0.15, 0.2) is 36.9 Å². The van der Waals surface area contributed by atoms with Crippen molar-refractivity contribution in [2.45, 2.75) is 33.7 Å². The van der Waals surface area contributed by atoms with E-state index in [-0.39, 0.29) is 24.5 Å². The van der Waals surface area contributed by atoms with Crippen molar-refractivity contribution in [3.63, 3.8) is 0 Å². The molecular weight excluding hydrogens is 387 g/mol. The zero-order valence-corrected chi connectivity index (χ0v) is 18.0.